The third-order valence-electron chi connectivity index (χ3n) is 2.84. The summed E-state index contributed by atoms with van der Waals surface area (Å²) in [6.07, 6.45) is -0.751. The maximum absolute atomic E-state index is 10.9. The summed E-state index contributed by atoms with van der Waals surface area (Å²) in [4.78, 5) is 12.9. The largest absolute Gasteiger partial charge is 0.479 e. The van der Waals surface area contributed by atoms with Gasteiger partial charge in [-0.3, -0.25) is 0 Å². The van der Waals surface area contributed by atoms with Gasteiger partial charge in [0.1, 0.15) is 0 Å². The Kier molecular flexibility index (Phi) is 3.54. The van der Waals surface area contributed by atoms with E-state index in [-0.39, 0.29) is 0 Å². The molecule has 1 fully saturated rings. The van der Waals surface area contributed by atoms with E-state index in [1.165, 1.54) is 0 Å². The summed E-state index contributed by atoms with van der Waals surface area (Å²) in [5, 5.41) is 9.63. The van der Waals surface area contributed by atoms with Crippen LogP contribution in [0.2, 0.25) is 5.02 Å². The quantitative estimate of drug-likeness (QED) is 0.878. The van der Waals surface area contributed by atoms with Gasteiger partial charge in [-0.2, -0.15) is 0 Å². The highest BCUT2D eigenvalue weighted by Crippen LogP contribution is 2.25. The van der Waals surface area contributed by atoms with E-state index in [4.69, 9.17) is 21.4 Å². The molecule has 1 aliphatic heterocycles. The van der Waals surface area contributed by atoms with E-state index in [1.807, 2.05) is 30.0 Å². The predicted molar refractivity (Wildman–Crippen MR) is 65.8 cm³/mol. The smallest absolute Gasteiger partial charge is 0.334 e. The molecule has 0 bridgehead atoms. The van der Waals surface area contributed by atoms with Gasteiger partial charge in [0.15, 0.2) is 6.10 Å². The topological polar surface area (TPSA) is 49.8 Å². The van der Waals surface area contributed by atoms with Crippen LogP contribution in [0.4, 0.5) is 5.69 Å². The van der Waals surface area contributed by atoms with Gasteiger partial charge in [-0.05, 0) is 30.7 Å². The van der Waals surface area contributed by atoms with Crippen LogP contribution < -0.4 is 4.90 Å². The lowest BCUT2D eigenvalue weighted by Gasteiger charge is -2.33. The molecule has 4 nitrogen and oxygen atoms in total. The van der Waals surface area contributed by atoms with Gasteiger partial charge in [-0.25, -0.2) is 4.79 Å². The van der Waals surface area contributed by atoms with Crippen molar-refractivity contribution in [2.75, 3.05) is 24.6 Å². The van der Waals surface area contributed by atoms with E-state index in [9.17, 15) is 4.79 Å². The second-order valence-electron chi connectivity index (χ2n) is 4.07. The fourth-order valence-corrected chi connectivity index (χ4v) is 2.22. The highest BCUT2D eigenvalue weighted by molar-refractivity contribution is 6.30. The molecule has 2 rings (SSSR count). The van der Waals surface area contributed by atoms with Gasteiger partial charge in [0.2, 0.25) is 0 Å². The number of carboxylic acid groups (broad SMARTS) is 1. The number of morpholine rings is 1. The molecule has 1 saturated heterocycles. The molecule has 0 amide bonds. The number of aryl methyl sites for hydroxylation is 1. The number of ether oxygens (including phenoxy) is 1. The summed E-state index contributed by atoms with van der Waals surface area (Å²) in [5.41, 5.74) is 2.06. The molecule has 0 aliphatic carbocycles. The van der Waals surface area contributed by atoms with Crippen LogP contribution in [0.15, 0.2) is 18.2 Å². The number of rotatable bonds is 2. The van der Waals surface area contributed by atoms with Crippen LogP contribution >= 0.6 is 11.6 Å². The molecular formula is C12H14ClNO3. The number of anilines is 1. The lowest BCUT2D eigenvalue weighted by atomic mass is 10.1. The van der Waals surface area contributed by atoms with Gasteiger partial charge in [0, 0.05) is 17.3 Å². The van der Waals surface area contributed by atoms with Crippen molar-refractivity contribution in [3.05, 3.63) is 28.8 Å². The number of carboxylic acids is 1. The highest BCUT2D eigenvalue weighted by Gasteiger charge is 2.26. The second-order valence-corrected chi connectivity index (χ2v) is 4.51. The predicted octanol–water partition coefficient (Wildman–Crippen LogP) is 1.94. The third kappa shape index (κ3) is 2.70. The normalized spacial score (nSPS) is 20.4. The average Bonchev–Trinajstić information content (AvgIpc) is 2.29. The molecule has 0 aromatic heterocycles. The zero-order valence-corrected chi connectivity index (χ0v) is 10.3. The Morgan fingerprint density at radius 3 is 3.00 bits per heavy atom. The van der Waals surface area contributed by atoms with Crippen molar-refractivity contribution in [1.82, 2.24) is 0 Å². The number of nitrogens with zero attached hydrogens (tertiary/aromatic N) is 1. The van der Waals surface area contributed by atoms with Crippen molar-refractivity contribution in [2.45, 2.75) is 13.0 Å². The number of aliphatic carboxylic acids is 1. The minimum atomic E-state index is -0.915. The van der Waals surface area contributed by atoms with E-state index in [0.717, 1.165) is 11.3 Å². The van der Waals surface area contributed by atoms with E-state index in [0.29, 0.717) is 24.7 Å². The molecular weight excluding hydrogens is 242 g/mol. The van der Waals surface area contributed by atoms with Crippen LogP contribution in [0.3, 0.4) is 0 Å². The first-order valence-corrected chi connectivity index (χ1v) is 5.81. The summed E-state index contributed by atoms with van der Waals surface area (Å²) in [7, 11) is 0. The van der Waals surface area contributed by atoms with Crippen molar-refractivity contribution < 1.29 is 14.6 Å². The summed E-state index contributed by atoms with van der Waals surface area (Å²) < 4.78 is 5.19. The maximum atomic E-state index is 10.9. The van der Waals surface area contributed by atoms with E-state index >= 15 is 0 Å². The monoisotopic (exact) mass is 255 g/mol. The minimum absolute atomic E-state index is 0.373. The van der Waals surface area contributed by atoms with Gasteiger partial charge in [-0.1, -0.05) is 11.6 Å². The van der Waals surface area contributed by atoms with Crippen molar-refractivity contribution in [3.63, 3.8) is 0 Å². The highest BCUT2D eigenvalue weighted by atomic mass is 35.5. The summed E-state index contributed by atoms with van der Waals surface area (Å²) in [6, 6.07) is 5.61. The van der Waals surface area contributed by atoms with E-state index in [1.54, 1.807) is 0 Å². The zero-order valence-electron chi connectivity index (χ0n) is 9.52. The standard InChI is InChI=1S/C12H14ClNO3/c1-8-6-9(13)2-3-10(8)14-4-5-17-11(7-14)12(15)16/h2-3,6,11H,4-5,7H2,1H3,(H,15,16). The van der Waals surface area contributed by atoms with Gasteiger partial charge in [0.25, 0.3) is 0 Å². The van der Waals surface area contributed by atoms with Crippen LogP contribution in [-0.4, -0.2) is 36.9 Å². The van der Waals surface area contributed by atoms with Crippen LogP contribution in [0.25, 0.3) is 0 Å². The number of halogens is 1. The number of hydrogen-bond donors (Lipinski definition) is 1. The maximum Gasteiger partial charge on any atom is 0.334 e. The molecule has 92 valence electrons. The zero-order chi connectivity index (χ0) is 12.4. The molecule has 1 N–H and O–H groups in total. The van der Waals surface area contributed by atoms with Crippen molar-refractivity contribution in [1.29, 1.82) is 0 Å². The molecule has 1 aromatic rings. The lowest BCUT2D eigenvalue weighted by molar-refractivity contribution is -0.150. The molecule has 0 radical (unpaired) electrons. The molecule has 17 heavy (non-hydrogen) atoms. The first kappa shape index (κ1) is 12.2. The molecule has 0 saturated carbocycles. The average molecular weight is 256 g/mol. The van der Waals surface area contributed by atoms with E-state index < -0.39 is 12.1 Å². The Hall–Kier alpha value is -1.26. The Balaban J connectivity index is 2.19. The summed E-state index contributed by atoms with van der Waals surface area (Å²) >= 11 is 5.90. The lowest BCUT2D eigenvalue weighted by Crippen LogP contribution is -2.46. The van der Waals surface area contributed by atoms with Crippen LogP contribution in [0.1, 0.15) is 5.56 Å². The molecule has 1 heterocycles. The first-order valence-electron chi connectivity index (χ1n) is 5.43. The first-order chi connectivity index (χ1) is 8.08. The van der Waals surface area contributed by atoms with Crippen molar-refractivity contribution >= 4 is 23.3 Å². The van der Waals surface area contributed by atoms with Crippen LogP contribution in [0.5, 0.6) is 0 Å². The summed E-state index contributed by atoms with van der Waals surface area (Å²) in [6.45, 7) is 3.47. The molecule has 1 unspecified atom stereocenters. The molecule has 1 aliphatic rings. The molecule has 0 spiro atoms. The SMILES string of the molecule is Cc1cc(Cl)ccc1N1CCOC(C(=O)O)C1. The van der Waals surface area contributed by atoms with E-state index in [2.05, 4.69) is 0 Å². The molecule has 1 atom stereocenters. The van der Waals surface area contributed by atoms with Crippen LogP contribution in [-0.2, 0) is 9.53 Å². The van der Waals surface area contributed by atoms with Crippen molar-refractivity contribution in [2.24, 2.45) is 0 Å². The molecule has 5 heteroatoms. The molecule has 1 aromatic carbocycles. The minimum Gasteiger partial charge on any atom is -0.479 e. The van der Waals surface area contributed by atoms with Gasteiger partial charge < -0.3 is 14.7 Å². The third-order valence-corrected chi connectivity index (χ3v) is 3.08. The Morgan fingerprint density at radius 1 is 1.59 bits per heavy atom. The number of benzene rings is 1. The number of hydrogen-bond acceptors (Lipinski definition) is 3. The fraction of sp³-hybridized carbons (Fsp3) is 0.417. The van der Waals surface area contributed by atoms with Gasteiger partial charge >= 0.3 is 5.97 Å². The fourth-order valence-electron chi connectivity index (χ4n) is 1.99. The Bertz CT molecular complexity index is 436. The Labute approximate surface area is 105 Å². The van der Waals surface area contributed by atoms with Gasteiger partial charge in [-0.15, -0.1) is 0 Å². The van der Waals surface area contributed by atoms with Gasteiger partial charge in [0.05, 0.1) is 13.2 Å². The summed E-state index contributed by atoms with van der Waals surface area (Å²) in [5.74, 6) is -0.915. The van der Waals surface area contributed by atoms with Crippen molar-refractivity contribution in [3.8, 4) is 0 Å². The van der Waals surface area contributed by atoms with Crippen LogP contribution in [0, 0.1) is 6.92 Å². The number of carbonyl (C=O) groups is 1. The Morgan fingerprint density at radius 2 is 2.35 bits per heavy atom. The second kappa shape index (κ2) is 4.94.